The fourth-order valence-corrected chi connectivity index (χ4v) is 2.29. The number of amides is 2. The number of aliphatic hydroxyl groups is 2. The topological polar surface area (TPSA) is 126 Å². The van der Waals surface area contributed by atoms with E-state index >= 15 is 0 Å². The Morgan fingerprint density at radius 3 is 2.96 bits per heavy atom. The molecule has 1 aromatic rings. The molecule has 1 saturated heterocycles. The van der Waals surface area contributed by atoms with Crippen molar-refractivity contribution in [2.75, 3.05) is 18.5 Å². The van der Waals surface area contributed by atoms with Gasteiger partial charge < -0.3 is 20.3 Å². The zero-order valence-corrected chi connectivity index (χ0v) is 12.9. The van der Waals surface area contributed by atoms with Crippen LogP contribution in [-0.2, 0) is 4.74 Å². The van der Waals surface area contributed by atoms with Gasteiger partial charge >= 0.3 is 11.7 Å². The van der Waals surface area contributed by atoms with Crippen molar-refractivity contribution in [1.82, 2.24) is 14.9 Å². The second-order valence-electron chi connectivity index (χ2n) is 5.35. The highest BCUT2D eigenvalue weighted by Crippen LogP contribution is 2.27. The van der Waals surface area contributed by atoms with E-state index in [1.54, 1.807) is 0 Å². The number of nitrogens with one attached hydrogen (secondary N) is 2. The second kappa shape index (κ2) is 8.04. The van der Waals surface area contributed by atoms with Gasteiger partial charge in [0.2, 0.25) is 0 Å². The highest BCUT2D eigenvalue weighted by Gasteiger charge is 2.34. The van der Waals surface area contributed by atoms with Crippen LogP contribution in [0.5, 0.6) is 0 Å². The van der Waals surface area contributed by atoms with Crippen molar-refractivity contribution < 1.29 is 19.7 Å². The molecule has 0 spiro atoms. The van der Waals surface area contributed by atoms with Crippen LogP contribution in [0.4, 0.5) is 10.6 Å². The molecule has 0 bridgehead atoms. The molecular weight excluding hydrogens is 304 g/mol. The minimum absolute atomic E-state index is 0.137. The predicted octanol–water partition coefficient (Wildman–Crippen LogP) is -0.194. The van der Waals surface area contributed by atoms with Gasteiger partial charge in [-0.15, -0.1) is 0 Å². The maximum atomic E-state index is 12.0. The molecule has 2 amide bonds. The fourth-order valence-electron chi connectivity index (χ4n) is 2.29. The SMILES string of the molecule is CCCCNC(=O)Nc1ccn([C@H]2C[C@H](O)[C@@H](CO)O2)c(=O)n1. The molecule has 1 aliphatic rings. The van der Waals surface area contributed by atoms with Gasteiger partial charge in [0.05, 0.1) is 12.7 Å². The zero-order valence-electron chi connectivity index (χ0n) is 12.9. The Labute approximate surface area is 133 Å². The Balaban J connectivity index is 1.98. The highest BCUT2D eigenvalue weighted by molar-refractivity contribution is 5.87. The third-order valence-electron chi connectivity index (χ3n) is 3.58. The number of carbonyl (C=O) groups excluding carboxylic acids is 1. The number of unbranched alkanes of at least 4 members (excludes halogenated alkanes) is 1. The lowest BCUT2D eigenvalue weighted by Gasteiger charge is -2.14. The normalized spacial score (nSPS) is 23.7. The summed E-state index contributed by atoms with van der Waals surface area (Å²) < 4.78 is 6.62. The zero-order chi connectivity index (χ0) is 16.8. The van der Waals surface area contributed by atoms with Crippen molar-refractivity contribution in [3.8, 4) is 0 Å². The summed E-state index contributed by atoms with van der Waals surface area (Å²) in [6, 6.07) is 1.05. The number of aromatic nitrogens is 2. The Morgan fingerprint density at radius 1 is 1.57 bits per heavy atom. The van der Waals surface area contributed by atoms with Gasteiger partial charge in [0.25, 0.3) is 0 Å². The summed E-state index contributed by atoms with van der Waals surface area (Å²) in [5, 5.41) is 23.9. The van der Waals surface area contributed by atoms with Crippen molar-refractivity contribution in [3.63, 3.8) is 0 Å². The van der Waals surface area contributed by atoms with Crippen molar-refractivity contribution in [3.05, 3.63) is 22.7 Å². The molecule has 2 rings (SSSR count). The van der Waals surface area contributed by atoms with E-state index in [4.69, 9.17) is 9.84 Å². The molecular formula is C14H22N4O5. The molecule has 1 fully saturated rings. The lowest BCUT2D eigenvalue weighted by molar-refractivity contribution is -0.0458. The van der Waals surface area contributed by atoms with Crippen molar-refractivity contribution in [2.45, 2.75) is 44.6 Å². The lowest BCUT2D eigenvalue weighted by atomic mass is 10.2. The number of ether oxygens (including phenoxy) is 1. The van der Waals surface area contributed by atoms with Crippen LogP contribution in [0.1, 0.15) is 32.4 Å². The van der Waals surface area contributed by atoms with Crippen molar-refractivity contribution in [1.29, 1.82) is 0 Å². The molecule has 0 unspecified atom stereocenters. The van der Waals surface area contributed by atoms with Gasteiger partial charge in [-0.25, -0.2) is 9.59 Å². The first kappa shape index (κ1) is 17.4. The van der Waals surface area contributed by atoms with E-state index in [-0.39, 0.29) is 18.8 Å². The quantitative estimate of drug-likeness (QED) is 0.537. The van der Waals surface area contributed by atoms with E-state index in [0.717, 1.165) is 12.8 Å². The molecule has 3 atom stereocenters. The minimum Gasteiger partial charge on any atom is -0.394 e. The monoisotopic (exact) mass is 326 g/mol. The Hall–Kier alpha value is -1.97. The molecule has 2 heterocycles. The fraction of sp³-hybridized carbons (Fsp3) is 0.643. The molecule has 0 aliphatic carbocycles. The van der Waals surface area contributed by atoms with E-state index in [1.807, 2.05) is 6.92 Å². The summed E-state index contributed by atoms with van der Waals surface area (Å²) in [5.74, 6) is 0.137. The van der Waals surface area contributed by atoms with Gasteiger partial charge in [-0.2, -0.15) is 4.98 Å². The molecule has 0 saturated carbocycles. The first-order valence-electron chi connectivity index (χ1n) is 7.63. The molecule has 1 aromatic heterocycles. The predicted molar refractivity (Wildman–Crippen MR) is 82.0 cm³/mol. The van der Waals surface area contributed by atoms with Gasteiger partial charge in [-0.3, -0.25) is 9.88 Å². The molecule has 9 heteroatoms. The molecule has 4 N–H and O–H groups in total. The number of nitrogens with zero attached hydrogens (tertiary/aromatic N) is 2. The maximum Gasteiger partial charge on any atom is 0.351 e. The first-order valence-corrected chi connectivity index (χ1v) is 7.63. The summed E-state index contributed by atoms with van der Waals surface area (Å²) in [4.78, 5) is 27.4. The van der Waals surface area contributed by atoms with Crippen LogP contribution in [0.2, 0.25) is 0 Å². The lowest BCUT2D eigenvalue weighted by Crippen LogP contribution is -2.32. The average Bonchev–Trinajstić information content (AvgIpc) is 2.88. The van der Waals surface area contributed by atoms with E-state index in [0.29, 0.717) is 6.54 Å². The molecule has 23 heavy (non-hydrogen) atoms. The van der Waals surface area contributed by atoms with Crippen LogP contribution in [0, 0.1) is 0 Å². The summed E-state index contributed by atoms with van der Waals surface area (Å²) >= 11 is 0. The van der Waals surface area contributed by atoms with Crippen molar-refractivity contribution >= 4 is 11.8 Å². The smallest absolute Gasteiger partial charge is 0.351 e. The summed E-state index contributed by atoms with van der Waals surface area (Å²) in [6.07, 6.45) is 1.24. The van der Waals surface area contributed by atoms with Gasteiger partial charge in [-0.1, -0.05) is 13.3 Å². The van der Waals surface area contributed by atoms with Crippen LogP contribution in [0.25, 0.3) is 0 Å². The minimum atomic E-state index is -0.834. The van der Waals surface area contributed by atoms with Crippen LogP contribution in [0.3, 0.4) is 0 Å². The molecule has 0 radical (unpaired) electrons. The number of aliphatic hydroxyl groups excluding tert-OH is 2. The van der Waals surface area contributed by atoms with Crippen LogP contribution >= 0.6 is 0 Å². The molecule has 0 aromatic carbocycles. The van der Waals surface area contributed by atoms with Crippen molar-refractivity contribution in [2.24, 2.45) is 0 Å². The van der Waals surface area contributed by atoms with Gasteiger partial charge in [0, 0.05) is 19.2 Å². The summed E-state index contributed by atoms with van der Waals surface area (Å²) in [7, 11) is 0. The van der Waals surface area contributed by atoms with E-state index in [1.165, 1.54) is 16.8 Å². The second-order valence-corrected chi connectivity index (χ2v) is 5.35. The maximum absolute atomic E-state index is 12.0. The van der Waals surface area contributed by atoms with E-state index < -0.39 is 30.2 Å². The molecule has 128 valence electrons. The van der Waals surface area contributed by atoms with Gasteiger partial charge in [0.15, 0.2) is 0 Å². The highest BCUT2D eigenvalue weighted by atomic mass is 16.5. The standard InChI is InChI=1S/C14H22N4O5/c1-2-3-5-15-13(21)16-11-4-6-18(14(22)17-11)12-7-9(20)10(8-19)23-12/h4,6,9-10,12,19-20H,2-3,5,7-8H2,1H3,(H2,15,16,17,21,22)/t9-,10+,12+/m0/s1. The number of anilines is 1. The summed E-state index contributed by atoms with van der Waals surface area (Å²) in [6.45, 7) is 2.25. The number of rotatable bonds is 6. The number of urea groups is 1. The summed E-state index contributed by atoms with van der Waals surface area (Å²) in [5.41, 5.74) is -0.604. The number of hydrogen-bond donors (Lipinski definition) is 4. The third kappa shape index (κ3) is 4.50. The average molecular weight is 326 g/mol. The van der Waals surface area contributed by atoms with E-state index in [9.17, 15) is 14.7 Å². The molecule has 9 nitrogen and oxygen atoms in total. The van der Waals surface area contributed by atoms with Crippen LogP contribution in [-0.4, -0.2) is 51.2 Å². The number of hydrogen-bond acceptors (Lipinski definition) is 6. The van der Waals surface area contributed by atoms with Gasteiger partial charge in [-0.05, 0) is 12.5 Å². The molecule has 1 aliphatic heterocycles. The van der Waals surface area contributed by atoms with Gasteiger partial charge in [0.1, 0.15) is 18.1 Å². The Morgan fingerprint density at radius 2 is 2.35 bits per heavy atom. The van der Waals surface area contributed by atoms with Crippen LogP contribution < -0.4 is 16.3 Å². The number of carbonyl (C=O) groups is 1. The van der Waals surface area contributed by atoms with E-state index in [2.05, 4.69) is 15.6 Å². The first-order chi connectivity index (χ1) is 11.0. The largest absolute Gasteiger partial charge is 0.394 e. The Kier molecular flexibility index (Phi) is 6.08. The third-order valence-corrected chi connectivity index (χ3v) is 3.58. The Bertz CT molecular complexity index is 591. The van der Waals surface area contributed by atoms with Crippen LogP contribution in [0.15, 0.2) is 17.1 Å².